The van der Waals surface area contributed by atoms with E-state index < -0.39 is 30.6 Å². The van der Waals surface area contributed by atoms with Crippen molar-refractivity contribution in [3.05, 3.63) is 0 Å². The van der Waals surface area contributed by atoms with Crippen LogP contribution in [0.15, 0.2) is 0 Å². The van der Waals surface area contributed by atoms with Crippen molar-refractivity contribution in [1.29, 1.82) is 0 Å². The summed E-state index contributed by atoms with van der Waals surface area (Å²) in [6, 6.07) is -0.370. The Labute approximate surface area is 126 Å². The van der Waals surface area contributed by atoms with Crippen molar-refractivity contribution in [2.75, 3.05) is 0 Å². The molecule has 2 atom stereocenters. The standard InChI is InChI=1S/C12H24N2O5S2/c13-11-3-1-2-4-12(11)14-20(15,16)9-5-7-10(8-6-9)21(17,18)19/h9-12,14H,1-8,13H2,(H,17,18,19). The monoisotopic (exact) mass is 340 g/mol. The molecule has 0 heterocycles. The van der Waals surface area contributed by atoms with Gasteiger partial charge in [-0.05, 0) is 38.5 Å². The van der Waals surface area contributed by atoms with Crippen LogP contribution in [0.3, 0.4) is 0 Å². The van der Waals surface area contributed by atoms with E-state index in [1.165, 1.54) is 0 Å². The third-order valence-corrected chi connectivity index (χ3v) is 7.91. The van der Waals surface area contributed by atoms with E-state index in [9.17, 15) is 16.8 Å². The average molecular weight is 340 g/mol. The number of nitrogens with one attached hydrogen (secondary N) is 1. The third kappa shape index (κ3) is 4.38. The summed E-state index contributed by atoms with van der Waals surface area (Å²) in [5.41, 5.74) is 5.96. The zero-order valence-electron chi connectivity index (χ0n) is 11.9. The van der Waals surface area contributed by atoms with Gasteiger partial charge in [-0.25, -0.2) is 13.1 Å². The smallest absolute Gasteiger partial charge is 0.267 e. The van der Waals surface area contributed by atoms with Gasteiger partial charge in [-0.2, -0.15) is 8.42 Å². The van der Waals surface area contributed by atoms with Crippen LogP contribution in [0, 0.1) is 0 Å². The van der Waals surface area contributed by atoms with Crippen molar-refractivity contribution >= 4 is 20.1 Å². The number of sulfonamides is 1. The summed E-state index contributed by atoms with van der Waals surface area (Å²) in [5, 5.41) is -1.43. The van der Waals surface area contributed by atoms with Crippen LogP contribution in [0.1, 0.15) is 51.4 Å². The molecule has 2 rings (SSSR count). The fraction of sp³-hybridized carbons (Fsp3) is 1.00. The van der Waals surface area contributed by atoms with E-state index in [0.29, 0.717) is 0 Å². The van der Waals surface area contributed by atoms with Crippen LogP contribution in [-0.4, -0.2) is 44.0 Å². The van der Waals surface area contributed by atoms with Crippen LogP contribution in [0.4, 0.5) is 0 Å². The molecule has 21 heavy (non-hydrogen) atoms. The number of hydrogen-bond donors (Lipinski definition) is 3. The maximum atomic E-state index is 12.4. The highest BCUT2D eigenvalue weighted by atomic mass is 32.2. The first kappa shape index (κ1) is 17.1. The van der Waals surface area contributed by atoms with E-state index in [0.717, 1.165) is 25.7 Å². The highest BCUT2D eigenvalue weighted by Gasteiger charge is 2.37. The zero-order valence-corrected chi connectivity index (χ0v) is 13.6. The molecule has 4 N–H and O–H groups in total. The predicted octanol–water partition coefficient (Wildman–Crippen LogP) is 0.375. The SMILES string of the molecule is NC1CCCCC1NS(=O)(=O)C1CCC(S(=O)(=O)O)CC1. The molecular formula is C12H24N2O5S2. The molecular weight excluding hydrogens is 316 g/mol. The summed E-state index contributed by atoms with van der Waals surface area (Å²) >= 11 is 0. The van der Waals surface area contributed by atoms with Crippen molar-refractivity contribution < 1.29 is 21.4 Å². The number of rotatable bonds is 4. The largest absolute Gasteiger partial charge is 0.326 e. The Balaban J connectivity index is 1.95. The van der Waals surface area contributed by atoms with Gasteiger partial charge in [-0.15, -0.1) is 0 Å². The molecule has 2 aliphatic rings. The van der Waals surface area contributed by atoms with E-state index in [1.54, 1.807) is 0 Å². The molecule has 0 aromatic heterocycles. The summed E-state index contributed by atoms with van der Waals surface area (Å²) in [6.07, 6.45) is 4.43. The second kappa shape index (κ2) is 6.49. The van der Waals surface area contributed by atoms with Crippen molar-refractivity contribution in [2.45, 2.75) is 74.0 Å². The van der Waals surface area contributed by atoms with E-state index in [-0.39, 0.29) is 37.8 Å². The Morgan fingerprint density at radius 1 is 0.857 bits per heavy atom. The Kier molecular flexibility index (Phi) is 5.30. The molecule has 2 fully saturated rings. The number of nitrogens with two attached hydrogens (primary N) is 1. The Bertz CT molecular complexity index is 552. The van der Waals surface area contributed by atoms with Gasteiger partial charge in [0.05, 0.1) is 10.5 Å². The van der Waals surface area contributed by atoms with Crippen molar-refractivity contribution in [3.63, 3.8) is 0 Å². The zero-order chi connectivity index (χ0) is 15.7. The van der Waals surface area contributed by atoms with Crippen LogP contribution in [0.2, 0.25) is 0 Å². The molecule has 0 bridgehead atoms. The van der Waals surface area contributed by atoms with Gasteiger partial charge < -0.3 is 5.73 Å². The first-order chi connectivity index (χ1) is 9.70. The second-order valence-corrected chi connectivity index (χ2v) is 9.82. The lowest BCUT2D eigenvalue weighted by Gasteiger charge is -2.32. The molecule has 7 nitrogen and oxygen atoms in total. The van der Waals surface area contributed by atoms with Crippen molar-refractivity contribution in [3.8, 4) is 0 Å². The summed E-state index contributed by atoms with van der Waals surface area (Å²) < 4.78 is 58.6. The quantitative estimate of drug-likeness (QED) is 0.635. The normalized spacial score (nSPS) is 35.5. The van der Waals surface area contributed by atoms with Gasteiger partial charge in [0.2, 0.25) is 10.0 Å². The summed E-state index contributed by atoms with van der Waals surface area (Å²) in [7, 11) is -7.56. The van der Waals surface area contributed by atoms with E-state index in [4.69, 9.17) is 10.3 Å². The Morgan fingerprint density at radius 3 is 1.90 bits per heavy atom. The topological polar surface area (TPSA) is 127 Å². The van der Waals surface area contributed by atoms with Crippen LogP contribution in [0.5, 0.6) is 0 Å². The summed E-state index contributed by atoms with van der Waals surface area (Å²) in [5.74, 6) is 0. The average Bonchev–Trinajstić information content (AvgIpc) is 2.40. The molecule has 124 valence electrons. The molecule has 0 aromatic rings. The minimum absolute atomic E-state index is 0.150. The minimum atomic E-state index is -4.07. The Hall–Kier alpha value is -0.220. The number of hydrogen-bond acceptors (Lipinski definition) is 5. The molecule has 0 saturated heterocycles. The molecule has 2 aliphatic carbocycles. The summed E-state index contributed by atoms with van der Waals surface area (Å²) in [6.45, 7) is 0. The fourth-order valence-electron chi connectivity index (χ4n) is 3.25. The summed E-state index contributed by atoms with van der Waals surface area (Å²) in [4.78, 5) is 0. The van der Waals surface area contributed by atoms with Crippen LogP contribution in [0.25, 0.3) is 0 Å². The molecule has 0 amide bonds. The van der Waals surface area contributed by atoms with Crippen molar-refractivity contribution in [1.82, 2.24) is 4.72 Å². The minimum Gasteiger partial charge on any atom is -0.326 e. The molecule has 0 spiro atoms. The first-order valence-electron chi connectivity index (χ1n) is 7.43. The maximum absolute atomic E-state index is 12.4. The van der Waals surface area contributed by atoms with Gasteiger partial charge in [-0.3, -0.25) is 4.55 Å². The lowest BCUT2D eigenvalue weighted by atomic mass is 9.92. The lowest BCUT2D eigenvalue weighted by molar-refractivity contribution is 0.356. The van der Waals surface area contributed by atoms with Crippen molar-refractivity contribution in [2.24, 2.45) is 5.73 Å². The highest BCUT2D eigenvalue weighted by Crippen LogP contribution is 2.28. The molecule has 0 aromatic carbocycles. The molecule has 0 radical (unpaired) electrons. The fourth-order valence-corrected chi connectivity index (χ4v) is 5.92. The van der Waals surface area contributed by atoms with E-state index in [2.05, 4.69) is 4.72 Å². The van der Waals surface area contributed by atoms with E-state index >= 15 is 0 Å². The van der Waals surface area contributed by atoms with Gasteiger partial charge >= 0.3 is 0 Å². The van der Waals surface area contributed by atoms with E-state index in [1.807, 2.05) is 0 Å². The Morgan fingerprint density at radius 2 is 1.38 bits per heavy atom. The molecule has 2 unspecified atom stereocenters. The van der Waals surface area contributed by atoms with Gasteiger partial charge in [0.15, 0.2) is 0 Å². The highest BCUT2D eigenvalue weighted by molar-refractivity contribution is 7.90. The maximum Gasteiger partial charge on any atom is 0.267 e. The predicted molar refractivity (Wildman–Crippen MR) is 79.9 cm³/mol. The second-order valence-electron chi connectivity index (χ2n) is 6.13. The van der Waals surface area contributed by atoms with Gasteiger partial charge in [0, 0.05) is 12.1 Å². The van der Waals surface area contributed by atoms with Gasteiger partial charge in [0.25, 0.3) is 10.1 Å². The first-order valence-corrected chi connectivity index (χ1v) is 10.5. The van der Waals surface area contributed by atoms with Crippen LogP contribution >= 0.6 is 0 Å². The molecule has 0 aliphatic heterocycles. The third-order valence-electron chi connectivity index (χ3n) is 4.62. The molecule has 2 saturated carbocycles. The lowest BCUT2D eigenvalue weighted by Crippen LogP contribution is -2.52. The molecule has 9 heteroatoms. The van der Waals surface area contributed by atoms with Crippen LogP contribution < -0.4 is 10.5 Å². The van der Waals surface area contributed by atoms with Crippen LogP contribution in [-0.2, 0) is 20.1 Å². The van der Waals surface area contributed by atoms with Gasteiger partial charge in [-0.1, -0.05) is 12.8 Å². The van der Waals surface area contributed by atoms with Gasteiger partial charge in [0.1, 0.15) is 0 Å².